The van der Waals surface area contributed by atoms with E-state index in [0.29, 0.717) is 18.5 Å². The Morgan fingerprint density at radius 3 is 2.58 bits per heavy atom. The SMILES string of the molecule is CCCNCCS(=O)(=O)NCCc1ccccc1F. The van der Waals surface area contributed by atoms with Gasteiger partial charge in [0.05, 0.1) is 5.75 Å². The lowest BCUT2D eigenvalue weighted by atomic mass is 10.1. The third-order valence-corrected chi connectivity index (χ3v) is 4.03. The smallest absolute Gasteiger partial charge is 0.212 e. The third-order valence-electron chi connectivity index (χ3n) is 2.65. The zero-order valence-corrected chi connectivity index (χ0v) is 12.0. The van der Waals surface area contributed by atoms with Crippen LogP contribution in [0.15, 0.2) is 24.3 Å². The highest BCUT2D eigenvalue weighted by atomic mass is 32.2. The van der Waals surface area contributed by atoms with E-state index in [1.54, 1.807) is 18.2 Å². The fourth-order valence-electron chi connectivity index (χ4n) is 1.62. The number of nitrogens with one attached hydrogen (secondary N) is 2. The first-order valence-corrected chi connectivity index (χ1v) is 8.12. The van der Waals surface area contributed by atoms with Gasteiger partial charge >= 0.3 is 0 Å². The highest BCUT2D eigenvalue weighted by molar-refractivity contribution is 7.89. The molecule has 0 aliphatic carbocycles. The summed E-state index contributed by atoms with van der Waals surface area (Å²) in [7, 11) is -3.28. The van der Waals surface area contributed by atoms with E-state index in [-0.39, 0.29) is 18.1 Å². The van der Waals surface area contributed by atoms with E-state index in [2.05, 4.69) is 10.0 Å². The quantitative estimate of drug-likeness (QED) is 0.673. The highest BCUT2D eigenvalue weighted by Crippen LogP contribution is 2.06. The second-order valence-corrected chi connectivity index (χ2v) is 6.23. The monoisotopic (exact) mass is 288 g/mol. The summed E-state index contributed by atoms with van der Waals surface area (Å²) in [6.07, 6.45) is 1.33. The minimum Gasteiger partial charge on any atom is -0.316 e. The fourth-order valence-corrected chi connectivity index (χ4v) is 2.59. The Morgan fingerprint density at radius 1 is 1.16 bits per heavy atom. The molecule has 0 aliphatic heterocycles. The molecule has 0 bridgehead atoms. The highest BCUT2D eigenvalue weighted by Gasteiger charge is 2.09. The van der Waals surface area contributed by atoms with Crippen LogP contribution in [0.2, 0.25) is 0 Å². The molecule has 1 rings (SSSR count). The van der Waals surface area contributed by atoms with Gasteiger partial charge in [-0.25, -0.2) is 17.5 Å². The number of hydrogen-bond acceptors (Lipinski definition) is 3. The molecule has 0 atom stereocenters. The summed E-state index contributed by atoms with van der Waals surface area (Å²) in [6, 6.07) is 6.38. The summed E-state index contributed by atoms with van der Waals surface area (Å²) in [5.41, 5.74) is 0.523. The van der Waals surface area contributed by atoms with Crippen molar-refractivity contribution in [2.75, 3.05) is 25.4 Å². The van der Waals surface area contributed by atoms with Gasteiger partial charge in [0.1, 0.15) is 5.82 Å². The van der Waals surface area contributed by atoms with Gasteiger partial charge in [-0.2, -0.15) is 0 Å². The minimum absolute atomic E-state index is 0.0459. The lowest BCUT2D eigenvalue weighted by Crippen LogP contribution is -2.33. The van der Waals surface area contributed by atoms with Gasteiger partial charge in [0.2, 0.25) is 10.0 Å². The Morgan fingerprint density at radius 2 is 1.89 bits per heavy atom. The van der Waals surface area contributed by atoms with E-state index < -0.39 is 10.0 Å². The average Bonchev–Trinajstić information content (AvgIpc) is 2.37. The van der Waals surface area contributed by atoms with Crippen molar-refractivity contribution in [2.24, 2.45) is 0 Å². The van der Waals surface area contributed by atoms with E-state index >= 15 is 0 Å². The Kier molecular flexibility index (Phi) is 6.97. The van der Waals surface area contributed by atoms with Gasteiger partial charge < -0.3 is 5.32 Å². The molecular formula is C13H21FN2O2S. The van der Waals surface area contributed by atoms with Crippen LogP contribution >= 0.6 is 0 Å². The number of rotatable bonds is 9. The molecule has 0 aromatic heterocycles. The molecule has 0 radical (unpaired) electrons. The zero-order valence-electron chi connectivity index (χ0n) is 11.2. The van der Waals surface area contributed by atoms with Gasteiger partial charge in [-0.1, -0.05) is 25.1 Å². The van der Waals surface area contributed by atoms with Crippen LogP contribution in [0.3, 0.4) is 0 Å². The van der Waals surface area contributed by atoms with E-state index in [1.165, 1.54) is 6.07 Å². The van der Waals surface area contributed by atoms with Crippen LogP contribution in [0.1, 0.15) is 18.9 Å². The summed E-state index contributed by atoms with van der Waals surface area (Å²) < 4.78 is 39.0. The lowest BCUT2D eigenvalue weighted by molar-refractivity contribution is 0.573. The van der Waals surface area contributed by atoms with Crippen LogP contribution in [-0.2, 0) is 16.4 Å². The maximum Gasteiger partial charge on any atom is 0.212 e. The zero-order chi connectivity index (χ0) is 14.1. The van der Waals surface area contributed by atoms with Gasteiger partial charge in [0, 0.05) is 13.1 Å². The van der Waals surface area contributed by atoms with E-state index in [9.17, 15) is 12.8 Å². The van der Waals surface area contributed by atoms with Crippen molar-refractivity contribution in [3.63, 3.8) is 0 Å². The van der Waals surface area contributed by atoms with Gasteiger partial charge in [-0.15, -0.1) is 0 Å². The van der Waals surface area contributed by atoms with Gasteiger partial charge in [0.25, 0.3) is 0 Å². The largest absolute Gasteiger partial charge is 0.316 e. The molecule has 0 spiro atoms. The van der Waals surface area contributed by atoms with Crippen molar-refractivity contribution in [1.82, 2.24) is 10.0 Å². The molecule has 0 heterocycles. The van der Waals surface area contributed by atoms with Gasteiger partial charge in [0.15, 0.2) is 0 Å². The van der Waals surface area contributed by atoms with Crippen LogP contribution in [-0.4, -0.2) is 33.8 Å². The van der Waals surface area contributed by atoms with E-state index in [0.717, 1.165) is 13.0 Å². The van der Waals surface area contributed by atoms with Crippen LogP contribution in [0.4, 0.5) is 4.39 Å². The van der Waals surface area contributed by atoms with Crippen molar-refractivity contribution in [3.05, 3.63) is 35.6 Å². The molecule has 0 amide bonds. The fraction of sp³-hybridized carbons (Fsp3) is 0.538. The Labute approximate surface area is 114 Å². The van der Waals surface area contributed by atoms with Crippen LogP contribution < -0.4 is 10.0 Å². The number of hydrogen-bond donors (Lipinski definition) is 2. The van der Waals surface area contributed by atoms with Crippen LogP contribution in [0.25, 0.3) is 0 Å². The Bertz CT molecular complexity index is 477. The molecular weight excluding hydrogens is 267 g/mol. The molecule has 1 aromatic rings. The molecule has 19 heavy (non-hydrogen) atoms. The molecule has 0 unspecified atom stereocenters. The number of halogens is 1. The summed E-state index contributed by atoms with van der Waals surface area (Å²) in [5.74, 6) is -0.254. The molecule has 2 N–H and O–H groups in total. The van der Waals surface area contributed by atoms with E-state index in [4.69, 9.17) is 0 Å². The average molecular weight is 288 g/mol. The topological polar surface area (TPSA) is 58.2 Å². The molecule has 0 saturated heterocycles. The second-order valence-electron chi connectivity index (χ2n) is 4.30. The summed E-state index contributed by atoms with van der Waals surface area (Å²) in [5, 5.41) is 3.03. The summed E-state index contributed by atoms with van der Waals surface area (Å²) >= 11 is 0. The van der Waals surface area contributed by atoms with Crippen molar-refractivity contribution in [3.8, 4) is 0 Å². The standard InChI is InChI=1S/C13H21FN2O2S/c1-2-8-15-10-11-19(17,18)16-9-7-12-5-3-4-6-13(12)14/h3-6,15-16H,2,7-11H2,1H3. The summed E-state index contributed by atoms with van der Waals surface area (Å²) in [6.45, 7) is 3.48. The first-order chi connectivity index (χ1) is 9.05. The predicted molar refractivity (Wildman–Crippen MR) is 75.1 cm³/mol. The molecule has 0 fully saturated rings. The third kappa shape index (κ3) is 6.66. The summed E-state index contributed by atoms with van der Waals surface area (Å²) in [4.78, 5) is 0. The van der Waals surface area contributed by atoms with E-state index in [1.807, 2.05) is 6.92 Å². The van der Waals surface area contributed by atoms with Gasteiger partial charge in [-0.3, -0.25) is 0 Å². The molecule has 4 nitrogen and oxygen atoms in total. The Balaban J connectivity index is 2.30. The van der Waals surface area contributed by atoms with Crippen molar-refractivity contribution in [2.45, 2.75) is 19.8 Å². The molecule has 1 aromatic carbocycles. The first kappa shape index (κ1) is 16.1. The van der Waals surface area contributed by atoms with Gasteiger partial charge in [-0.05, 0) is 31.0 Å². The maximum atomic E-state index is 13.3. The van der Waals surface area contributed by atoms with Crippen LogP contribution in [0.5, 0.6) is 0 Å². The normalized spacial score (nSPS) is 11.7. The first-order valence-electron chi connectivity index (χ1n) is 6.46. The molecule has 108 valence electrons. The number of benzene rings is 1. The maximum absolute atomic E-state index is 13.3. The minimum atomic E-state index is -3.28. The van der Waals surface area contributed by atoms with Crippen LogP contribution in [0, 0.1) is 5.82 Å². The molecule has 6 heteroatoms. The molecule has 0 saturated carbocycles. The Hall–Kier alpha value is -0.980. The predicted octanol–water partition coefficient (Wildman–Crippen LogP) is 1.29. The van der Waals surface area contributed by atoms with Crippen molar-refractivity contribution in [1.29, 1.82) is 0 Å². The number of sulfonamides is 1. The van der Waals surface area contributed by atoms with Crippen molar-refractivity contribution >= 4 is 10.0 Å². The van der Waals surface area contributed by atoms with Crippen molar-refractivity contribution < 1.29 is 12.8 Å². The lowest BCUT2D eigenvalue weighted by Gasteiger charge is -2.08. The second kappa shape index (κ2) is 8.24. The molecule has 0 aliphatic rings.